The summed E-state index contributed by atoms with van der Waals surface area (Å²) in [5.74, 6) is -0.0785. The van der Waals surface area contributed by atoms with Crippen LogP contribution in [0.4, 0.5) is 0 Å². The molecular formula is C43H75N5O6S. The molecular weight excluding hydrogens is 715 g/mol. The van der Waals surface area contributed by atoms with E-state index in [0.29, 0.717) is 24.2 Å². The summed E-state index contributed by atoms with van der Waals surface area (Å²) in [6.07, 6.45) is 19.4. The highest BCUT2D eigenvalue weighted by molar-refractivity contribution is 7.85. The monoisotopic (exact) mass is 790 g/mol. The molecule has 1 aromatic rings. The Morgan fingerprint density at radius 1 is 0.909 bits per heavy atom. The van der Waals surface area contributed by atoms with E-state index in [1.807, 2.05) is 34.9 Å². The van der Waals surface area contributed by atoms with Crippen molar-refractivity contribution in [1.82, 2.24) is 25.6 Å². The fourth-order valence-corrected chi connectivity index (χ4v) is 6.13. The van der Waals surface area contributed by atoms with Crippen LogP contribution in [0, 0.1) is 18.8 Å². The highest BCUT2D eigenvalue weighted by Crippen LogP contribution is 2.21. The van der Waals surface area contributed by atoms with Crippen LogP contribution in [0.1, 0.15) is 124 Å². The third-order valence-electron chi connectivity index (χ3n) is 9.22. The molecule has 0 aromatic heterocycles. The lowest BCUT2D eigenvalue weighted by Gasteiger charge is -2.23. The smallest absolute Gasteiger partial charge is 0.294 e. The molecule has 0 radical (unpaired) electrons. The first-order valence-electron chi connectivity index (χ1n) is 20.3. The summed E-state index contributed by atoms with van der Waals surface area (Å²) in [5, 5.41) is 4.94. The second kappa shape index (κ2) is 29.9. The molecule has 55 heavy (non-hydrogen) atoms. The topological polar surface area (TPSA) is 139 Å². The number of carbonyl (C=O) groups is 3. The normalized spacial score (nSPS) is 14.3. The van der Waals surface area contributed by atoms with Crippen LogP contribution >= 0.6 is 0 Å². The Bertz CT molecular complexity index is 1410. The predicted octanol–water partition coefficient (Wildman–Crippen LogP) is 8.10. The van der Waals surface area contributed by atoms with Gasteiger partial charge in [-0.25, -0.2) is 5.01 Å². The highest BCUT2D eigenvalue weighted by Gasteiger charge is 2.28. The molecule has 1 heterocycles. The number of aryl methyl sites for hydroxylation is 1. The summed E-state index contributed by atoms with van der Waals surface area (Å²) >= 11 is 0. The van der Waals surface area contributed by atoms with Gasteiger partial charge in [-0.1, -0.05) is 122 Å². The zero-order valence-electron chi connectivity index (χ0n) is 35.5. The van der Waals surface area contributed by atoms with Gasteiger partial charge >= 0.3 is 0 Å². The van der Waals surface area contributed by atoms with Gasteiger partial charge in [0.2, 0.25) is 11.8 Å². The molecule has 12 heteroatoms. The Labute approximate surface area is 334 Å². The lowest BCUT2D eigenvalue weighted by molar-refractivity contribution is -0.127. The van der Waals surface area contributed by atoms with Gasteiger partial charge < -0.3 is 15.1 Å². The van der Waals surface area contributed by atoms with Gasteiger partial charge in [-0.2, -0.15) is 8.42 Å². The minimum Gasteiger partial charge on any atom is -0.352 e. The summed E-state index contributed by atoms with van der Waals surface area (Å²) in [6, 6.07) is 5.99. The number of carbonyl (C=O) groups excluding carboxylic acids is 3. The van der Waals surface area contributed by atoms with Gasteiger partial charge in [-0.05, 0) is 84.4 Å². The van der Waals surface area contributed by atoms with E-state index in [1.54, 1.807) is 36.2 Å². The Morgan fingerprint density at radius 2 is 1.47 bits per heavy atom. The molecule has 3 amide bonds. The van der Waals surface area contributed by atoms with Crippen LogP contribution in [-0.2, 0) is 24.5 Å². The van der Waals surface area contributed by atoms with Crippen molar-refractivity contribution in [2.45, 2.75) is 130 Å². The SMILES string of the molecule is C=C(C(=O)NN(CCC)CCCCCCCCCCCC)C(C)C.C=CN1CCC(C=C(C)C(=O)NCCCN(C)C)C1=O.Cc1ccc(S(=O)(=O)O)cc1. The molecule has 0 aliphatic carbocycles. The molecule has 1 unspecified atom stereocenters. The summed E-state index contributed by atoms with van der Waals surface area (Å²) < 4.78 is 29.6. The van der Waals surface area contributed by atoms with E-state index < -0.39 is 10.1 Å². The fraction of sp³-hybridized carbons (Fsp3) is 0.651. The molecule has 0 spiro atoms. The van der Waals surface area contributed by atoms with Crippen molar-refractivity contribution in [3.63, 3.8) is 0 Å². The van der Waals surface area contributed by atoms with E-state index in [0.717, 1.165) is 50.9 Å². The van der Waals surface area contributed by atoms with Crippen LogP contribution in [0.5, 0.6) is 0 Å². The average Bonchev–Trinajstić information content (AvgIpc) is 3.48. The third kappa shape index (κ3) is 24.7. The van der Waals surface area contributed by atoms with Gasteiger partial charge in [0.15, 0.2) is 0 Å². The van der Waals surface area contributed by atoms with Crippen molar-refractivity contribution < 1.29 is 27.4 Å². The molecule has 0 bridgehead atoms. The minimum atomic E-state index is -4.02. The van der Waals surface area contributed by atoms with Gasteiger partial charge in [0.05, 0.1) is 10.8 Å². The standard InChI is InChI=1S/C21H42N2O.C15H25N3O2.C7H8O3S/c1-6-8-9-10-11-12-13-14-15-16-18-23(17-7-2)22-21(24)20(5)19(3)4;1-5-18-10-7-13(15(18)20)11-12(2)14(19)16-8-6-9-17(3)4;1-6-2-4-7(5-3-6)11(8,9)10/h19H,5-18H2,1-4H3,(H,22,24);5,11,13H,1,6-10H2,2-4H3,(H,16,19);2-5H,1H3,(H,8,9,10). The molecule has 1 fully saturated rings. The summed E-state index contributed by atoms with van der Waals surface area (Å²) in [4.78, 5) is 39.5. The van der Waals surface area contributed by atoms with Gasteiger partial charge in [0.25, 0.3) is 16.0 Å². The molecule has 1 saturated heterocycles. The number of benzene rings is 1. The molecule has 1 aromatic carbocycles. The Morgan fingerprint density at radius 3 is 1.95 bits per heavy atom. The van der Waals surface area contributed by atoms with Crippen molar-refractivity contribution in [1.29, 1.82) is 0 Å². The molecule has 1 aliphatic heterocycles. The number of nitrogens with zero attached hydrogens (tertiary/aromatic N) is 3. The van der Waals surface area contributed by atoms with Crippen molar-refractivity contribution in [3.05, 3.63) is 66.4 Å². The van der Waals surface area contributed by atoms with Crippen LogP contribution in [0.3, 0.4) is 0 Å². The molecule has 314 valence electrons. The number of rotatable bonds is 24. The summed E-state index contributed by atoms with van der Waals surface area (Å²) in [6.45, 7) is 23.7. The van der Waals surface area contributed by atoms with E-state index in [-0.39, 0.29) is 34.5 Å². The lowest BCUT2D eigenvalue weighted by Crippen LogP contribution is -2.44. The van der Waals surface area contributed by atoms with Crippen LogP contribution in [0.25, 0.3) is 0 Å². The predicted molar refractivity (Wildman–Crippen MR) is 227 cm³/mol. The van der Waals surface area contributed by atoms with Crippen molar-refractivity contribution in [2.24, 2.45) is 11.8 Å². The number of hydrazine groups is 1. The van der Waals surface area contributed by atoms with Gasteiger partial charge in [0, 0.05) is 37.3 Å². The van der Waals surface area contributed by atoms with Crippen molar-refractivity contribution >= 4 is 27.8 Å². The van der Waals surface area contributed by atoms with E-state index in [1.165, 1.54) is 69.9 Å². The fourth-order valence-electron chi connectivity index (χ4n) is 5.65. The second-order valence-corrected chi connectivity index (χ2v) is 16.4. The molecule has 2 rings (SSSR count). The largest absolute Gasteiger partial charge is 0.352 e. The lowest BCUT2D eigenvalue weighted by atomic mass is 10.0. The van der Waals surface area contributed by atoms with Crippen LogP contribution in [0.2, 0.25) is 0 Å². The first kappa shape index (κ1) is 51.7. The average molecular weight is 790 g/mol. The minimum absolute atomic E-state index is 0.0227. The highest BCUT2D eigenvalue weighted by atomic mass is 32.2. The number of amides is 3. The van der Waals surface area contributed by atoms with E-state index in [4.69, 9.17) is 4.55 Å². The maximum atomic E-state index is 12.1. The second-order valence-electron chi connectivity index (χ2n) is 14.9. The molecule has 1 aliphatic rings. The molecule has 1 atom stereocenters. The number of hydrogen-bond acceptors (Lipinski definition) is 7. The maximum absolute atomic E-state index is 12.1. The van der Waals surface area contributed by atoms with E-state index in [2.05, 4.69) is 47.7 Å². The van der Waals surface area contributed by atoms with Crippen LogP contribution < -0.4 is 10.7 Å². The number of nitrogens with one attached hydrogen (secondary N) is 2. The molecule has 3 N–H and O–H groups in total. The number of likely N-dealkylation sites (tertiary alicyclic amines) is 1. The van der Waals surface area contributed by atoms with E-state index in [9.17, 15) is 22.8 Å². The third-order valence-corrected chi connectivity index (χ3v) is 10.1. The van der Waals surface area contributed by atoms with Gasteiger partial charge in [-0.3, -0.25) is 24.4 Å². The number of unbranched alkanes of at least 4 members (excludes halogenated alkanes) is 9. The number of hydrogen-bond donors (Lipinski definition) is 3. The van der Waals surface area contributed by atoms with Crippen molar-refractivity contribution in [2.75, 3.05) is 46.8 Å². The van der Waals surface area contributed by atoms with Crippen LogP contribution in [-0.4, -0.2) is 92.3 Å². The Kier molecular flexibility index (Phi) is 28.1. The first-order valence-corrected chi connectivity index (χ1v) is 21.8. The van der Waals surface area contributed by atoms with Gasteiger partial charge in [-0.15, -0.1) is 0 Å². The van der Waals surface area contributed by atoms with E-state index >= 15 is 0 Å². The Hall–Kier alpha value is -3.32. The molecule has 0 saturated carbocycles. The zero-order chi connectivity index (χ0) is 41.8. The zero-order valence-corrected chi connectivity index (χ0v) is 36.3. The first-order chi connectivity index (χ1) is 26.0. The Balaban J connectivity index is 0.000000844. The molecule has 11 nitrogen and oxygen atoms in total. The van der Waals surface area contributed by atoms with Crippen LogP contribution in [0.15, 0.2) is 65.7 Å². The quantitative estimate of drug-likeness (QED) is 0.0414. The van der Waals surface area contributed by atoms with Gasteiger partial charge in [0.1, 0.15) is 0 Å². The van der Waals surface area contributed by atoms with Crippen molar-refractivity contribution in [3.8, 4) is 0 Å². The summed E-state index contributed by atoms with van der Waals surface area (Å²) in [7, 11) is -0.0116. The maximum Gasteiger partial charge on any atom is 0.294 e. The summed E-state index contributed by atoms with van der Waals surface area (Å²) in [5.41, 5.74) is 5.26.